The predicted molar refractivity (Wildman–Crippen MR) is 255 cm³/mol. The second-order valence-corrected chi connectivity index (χ2v) is 17.2. The van der Waals surface area contributed by atoms with Gasteiger partial charge in [0, 0.05) is 25.6 Å². The summed E-state index contributed by atoms with van der Waals surface area (Å²) >= 11 is 0. The number of nitrogens with zero attached hydrogens (tertiary/aromatic N) is 4. The van der Waals surface area contributed by atoms with Gasteiger partial charge in [-0.25, -0.2) is 9.57 Å². The highest BCUT2D eigenvalue weighted by molar-refractivity contribution is 6.40. The average Bonchev–Trinajstić information content (AvgIpc) is 3.28. The quantitative estimate of drug-likeness (QED) is 0.0306. The van der Waals surface area contributed by atoms with Gasteiger partial charge in [0.25, 0.3) is 0 Å². The Balaban J connectivity index is 1.48. The Morgan fingerprint density at radius 3 is 1.63 bits per heavy atom. The van der Waals surface area contributed by atoms with Crippen molar-refractivity contribution in [3.63, 3.8) is 0 Å². The Kier molecular flexibility index (Phi) is 27.5. The maximum atomic E-state index is 13.4. The molecule has 0 amide bonds. The number of ketones is 1. The molecule has 1 aliphatic heterocycles. The van der Waals surface area contributed by atoms with Gasteiger partial charge in [-0.2, -0.15) is 0 Å². The molecular weight excluding hydrogens is 777 g/mol. The summed E-state index contributed by atoms with van der Waals surface area (Å²) in [5, 5.41) is 11.1. The molecule has 0 radical (unpaired) electrons. The summed E-state index contributed by atoms with van der Waals surface area (Å²) in [4.78, 5) is 49.9. The van der Waals surface area contributed by atoms with E-state index in [4.69, 9.17) is 9.47 Å². The van der Waals surface area contributed by atoms with E-state index in [1.807, 2.05) is 12.1 Å². The van der Waals surface area contributed by atoms with E-state index < -0.39 is 0 Å². The SMILES string of the molecule is CCCCCCCCCCCCOC(=O)CCN(CCCC)c1ccc(C2=C(O)/C(=C3C=C/C(=[N+](\CCCC)CCC(=O)OCCCCCCCCCCCC)C=N\3)C2=O)nc1. The van der Waals surface area contributed by atoms with E-state index in [0.29, 0.717) is 50.5 Å². The van der Waals surface area contributed by atoms with E-state index >= 15 is 0 Å². The first kappa shape index (κ1) is 52.3. The Bertz CT molecular complexity index is 1610. The van der Waals surface area contributed by atoms with Gasteiger partial charge in [-0.15, -0.1) is 0 Å². The smallest absolute Gasteiger partial charge is 0.312 e. The van der Waals surface area contributed by atoms with Crippen LogP contribution < -0.4 is 4.90 Å². The third kappa shape index (κ3) is 20.0. The molecule has 346 valence electrons. The first-order valence-electron chi connectivity index (χ1n) is 24.9. The lowest BCUT2D eigenvalue weighted by atomic mass is 9.84. The van der Waals surface area contributed by atoms with Crippen LogP contribution in [0.3, 0.4) is 0 Å². The van der Waals surface area contributed by atoms with Crippen molar-refractivity contribution in [2.24, 2.45) is 4.99 Å². The van der Waals surface area contributed by atoms with Gasteiger partial charge in [0.05, 0.1) is 60.3 Å². The number of hydrogen-bond acceptors (Lipinski definition) is 9. The summed E-state index contributed by atoms with van der Waals surface area (Å²) in [6, 6.07) is 3.65. The molecule has 10 nitrogen and oxygen atoms in total. The van der Waals surface area contributed by atoms with Gasteiger partial charge in [0.2, 0.25) is 11.5 Å². The van der Waals surface area contributed by atoms with Crippen LogP contribution in [0.1, 0.15) is 200 Å². The van der Waals surface area contributed by atoms with Gasteiger partial charge in [-0.3, -0.25) is 19.4 Å². The van der Waals surface area contributed by atoms with Crippen molar-refractivity contribution >= 4 is 40.9 Å². The summed E-state index contributed by atoms with van der Waals surface area (Å²) in [6.45, 7) is 12.3. The molecular formula is C52H83N4O6+. The molecule has 0 fully saturated rings. The maximum Gasteiger partial charge on any atom is 0.312 e. The van der Waals surface area contributed by atoms with Crippen molar-refractivity contribution in [2.75, 3.05) is 44.3 Å². The van der Waals surface area contributed by atoms with E-state index in [1.165, 1.54) is 103 Å². The van der Waals surface area contributed by atoms with Crippen molar-refractivity contribution in [3.05, 3.63) is 53.2 Å². The zero-order valence-electron chi connectivity index (χ0n) is 39.4. The van der Waals surface area contributed by atoms with Crippen molar-refractivity contribution in [2.45, 2.75) is 195 Å². The molecule has 1 aliphatic carbocycles. The standard InChI is InChI=1S/C52H82N4O6/c1-5-9-13-15-17-19-21-23-25-27-39-61-47(57)33-37-55(35-11-7-3)43-29-31-45(53-41-43)49-51(59)50(52(49)60)46-32-30-44(42-54-46)56(36-12-8-4)38-34-48(58)62-40-28-26-24-22-20-18-16-14-10-6-2/h29-32,41-42H,5-28,33-40H2,1-4H3/p+1. The highest BCUT2D eigenvalue weighted by atomic mass is 16.5. The number of Topliss-reactive ketones (excluding diaryl/α,β-unsaturated/α-hetero) is 1. The normalized spacial score (nSPS) is 15.6. The number of anilines is 1. The number of allylic oxidation sites excluding steroid dienone is 4. The van der Waals surface area contributed by atoms with Crippen LogP contribution in [0.2, 0.25) is 0 Å². The lowest BCUT2D eigenvalue weighted by Gasteiger charge is -2.25. The molecule has 0 unspecified atom stereocenters. The lowest BCUT2D eigenvalue weighted by molar-refractivity contribution is -0.525. The molecule has 3 rings (SSSR count). The van der Waals surface area contributed by atoms with Gasteiger partial charge in [0.1, 0.15) is 18.7 Å². The van der Waals surface area contributed by atoms with Crippen molar-refractivity contribution < 1.29 is 33.5 Å². The average molecular weight is 860 g/mol. The molecule has 0 atom stereocenters. The number of aromatic nitrogens is 1. The van der Waals surface area contributed by atoms with Gasteiger partial charge in [0.15, 0.2) is 6.54 Å². The maximum absolute atomic E-state index is 13.4. The Morgan fingerprint density at radius 1 is 0.613 bits per heavy atom. The van der Waals surface area contributed by atoms with Crippen LogP contribution >= 0.6 is 0 Å². The van der Waals surface area contributed by atoms with Crippen LogP contribution in [0.15, 0.2) is 52.5 Å². The summed E-state index contributed by atoms with van der Waals surface area (Å²) in [7, 11) is 0. The van der Waals surface area contributed by atoms with Gasteiger partial charge < -0.3 is 19.5 Å². The summed E-state index contributed by atoms with van der Waals surface area (Å²) in [6.07, 6.45) is 36.4. The zero-order valence-corrected chi connectivity index (χ0v) is 39.4. The first-order valence-corrected chi connectivity index (χ1v) is 24.9. The number of hydrogen-bond donors (Lipinski definition) is 1. The zero-order chi connectivity index (χ0) is 44.6. The van der Waals surface area contributed by atoms with Gasteiger partial charge in [-0.1, -0.05) is 156 Å². The number of carbonyl (C=O) groups excluding carboxylic acids is 3. The molecule has 0 saturated carbocycles. The summed E-state index contributed by atoms with van der Waals surface area (Å²) in [5.41, 5.74) is 2.85. The Morgan fingerprint density at radius 2 is 1.15 bits per heavy atom. The van der Waals surface area contributed by atoms with E-state index in [2.05, 4.69) is 47.1 Å². The minimum Gasteiger partial charge on any atom is -0.506 e. The third-order valence-electron chi connectivity index (χ3n) is 11.9. The molecule has 62 heavy (non-hydrogen) atoms. The number of unbranched alkanes of at least 4 members (excludes halogenated alkanes) is 20. The summed E-state index contributed by atoms with van der Waals surface area (Å²) in [5.74, 6) is -0.786. The molecule has 1 aromatic heterocycles. The minimum atomic E-state index is -0.302. The second kappa shape index (κ2) is 32.6. The molecule has 0 aromatic carbocycles. The van der Waals surface area contributed by atoms with Gasteiger partial charge >= 0.3 is 11.9 Å². The molecule has 0 bridgehead atoms. The highest BCUT2D eigenvalue weighted by Crippen LogP contribution is 2.38. The Labute approximate surface area is 375 Å². The number of aliphatic hydroxyl groups is 1. The summed E-state index contributed by atoms with van der Waals surface area (Å²) < 4.78 is 13.2. The van der Waals surface area contributed by atoms with Crippen molar-refractivity contribution in [1.29, 1.82) is 0 Å². The number of aliphatic hydroxyl groups excluding tert-OH is 1. The number of carbonyl (C=O) groups is 3. The first-order chi connectivity index (χ1) is 30.3. The third-order valence-corrected chi connectivity index (χ3v) is 11.9. The van der Waals surface area contributed by atoms with Crippen molar-refractivity contribution in [3.8, 4) is 0 Å². The lowest BCUT2D eigenvalue weighted by Crippen LogP contribution is -2.28. The number of dihydropyridines is 1. The fraction of sp³-hybridized carbons (Fsp3) is 0.692. The van der Waals surface area contributed by atoms with Crippen LogP contribution in [-0.4, -0.2) is 83.7 Å². The highest BCUT2D eigenvalue weighted by Gasteiger charge is 2.38. The predicted octanol–water partition coefficient (Wildman–Crippen LogP) is 12.4. The minimum absolute atomic E-state index is 0.114. The number of ether oxygens (including phenoxy) is 2. The topological polar surface area (TPSA) is 121 Å². The Hall–Kier alpha value is -4.08. The van der Waals surface area contributed by atoms with Crippen LogP contribution in [-0.2, 0) is 23.9 Å². The molecule has 1 aromatic rings. The number of aliphatic imine (C=N–C) groups is 1. The monoisotopic (exact) mass is 860 g/mol. The molecule has 2 aliphatic rings. The van der Waals surface area contributed by atoms with Crippen molar-refractivity contribution in [1.82, 2.24) is 4.98 Å². The van der Waals surface area contributed by atoms with Gasteiger partial charge in [-0.05, 0) is 37.5 Å². The van der Waals surface area contributed by atoms with E-state index in [1.54, 1.807) is 24.6 Å². The largest absolute Gasteiger partial charge is 0.506 e. The van der Waals surface area contributed by atoms with E-state index in [-0.39, 0.29) is 34.6 Å². The molecule has 1 N–H and O–H groups in total. The second-order valence-electron chi connectivity index (χ2n) is 17.2. The van der Waals surface area contributed by atoms with Crippen LogP contribution in [0.4, 0.5) is 5.69 Å². The van der Waals surface area contributed by atoms with E-state index in [9.17, 15) is 19.5 Å². The molecule has 0 saturated heterocycles. The molecule has 2 heterocycles. The number of esters is 2. The number of pyridine rings is 1. The van der Waals surface area contributed by atoms with Crippen LogP contribution in [0.5, 0.6) is 0 Å². The fourth-order valence-corrected chi connectivity index (χ4v) is 7.91. The van der Waals surface area contributed by atoms with Crippen LogP contribution in [0, 0.1) is 0 Å². The van der Waals surface area contributed by atoms with E-state index in [0.717, 1.165) is 75.9 Å². The fourth-order valence-electron chi connectivity index (χ4n) is 7.91. The number of rotatable bonds is 36. The van der Waals surface area contributed by atoms with Crippen LogP contribution in [0.25, 0.3) is 5.57 Å². The molecule has 0 spiro atoms. The molecule has 10 heteroatoms.